The Kier molecular flexibility index (Phi) is 10.4. The number of ether oxygens (including phenoxy) is 1. The van der Waals surface area contributed by atoms with E-state index >= 15 is 0 Å². The summed E-state index contributed by atoms with van der Waals surface area (Å²) in [5.41, 5.74) is 0. The minimum Gasteiger partial charge on any atom is -0.464 e. The Bertz CT molecular complexity index is 241. The molecule has 106 valence electrons. The molecular formula is C14H27NO3. The first-order chi connectivity index (χ1) is 8.61. The van der Waals surface area contributed by atoms with Crippen LogP contribution in [0.3, 0.4) is 0 Å². The molecule has 0 saturated heterocycles. The molecule has 0 rings (SSSR count). The van der Waals surface area contributed by atoms with Gasteiger partial charge in [0, 0.05) is 6.42 Å². The number of rotatable bonds is 10. The molecule has 0 aliphatic heterocycles. The normalized spacial score (nSPS) is 11.9. The van der Waals surface area contributed by atoms with E-state index in [1.54, 1.807) is 6.92 Å². The summed E-state index contributed by atoms with van der Waals surface area (Å²) in [6.45, 7) is 6.17. The molecule has 0 bridgehead atoms. The maximum Gasteiger partial charge on any atom is 0.328 e. The summed E-state index contributed by atoms with van der Waals surface area (Å²) in [4.78, 5) is 23.0. The van der Waals surface area contributed by atoms with Crippen molar-refractivity contribution in [1.29, 1.82) is 0 Å². The van der Waals surface area contributed by atoms with Crippen molar-refractivity contribution in [2.45, 2.75) is 71.8 Å². The molecule has 0 aliphatic carbocycles. The van der Waals surface area contributed by atoms with Crippen LogP contribution in [-0.4, -0.2) is 24.5 Å². The van der Waals surface area contributed by atoms with Gasteiger partial charge >= 0.3 is 5.97 Å². The lowest BCUT2D eigenvalue weighted by atomic mass is 10.1. The van der Waals surface area contributed by atoms with Crippen LogP contribution in [0.2, 0.25) is 0 Å². The molecule has 0 aromatic heterocycles. The second-order valence-electron chi connectivity index (χ2n) is 4.62. The molecule has 18 heavy (non-hydrogen) atoms. The predicted octanol–water partition coefficient (Wildman–Crippen LogP) is 2.80. The van der Waals surface area contributed by atoms with Gasteiger partial charge in [0.15, 0.2) is 0 Å². The Balaban J connectivity index is 3.63. The highest BCUT2D eigenvalue weighted by atomic mass is 16.5. The summed E-state index contributed by atoms with van der Waals surface area (Å²) >= 11 is 0. The maximum absolute atomic E-state index is 11.5. The van der Waals surface area contributed by atoms with Gasteiger partial charge in [0.1, 0.15) is 6.04 Å². The summed E-state index contributed by atoms with van der Waals surface area (Å²) in [5.74, 6) is -0.413. The van der Waals surface area contributed by atoms with E-state index in [0.717, 1.165) is 19.3 Å². The van der Waals surface area contributed by atoms with E-state index in [0.29, 0.717) is 13.0 Å². The van der Waals surface area contributed by atoms with E-state index in [9.17, 15) is 9.59 Å². The molecule has 0 spiro atoms. The third kappa shape index (κ3) is 9.02. The summed E-state index contributed by atoms with van der Waals surface area (Å²) in [5, 5.41) is 2.67. The van der Waals surface area contributed by atoms with Gasteiger partial charge in [-0.2, -0.15) is 0 Å². The molecule has 1 atom stereocenters. The van der Waals surface area contributed by atoms with E-state index in [1.807, 2.05) is 6.92 Å². The van der Waals surface area contributed by atoms with E-state index in [1.165, 1.54) is 19.3 Å². The van der Waals surface area contributed by atoms with Gasteiger partial charge in [-0.3, -0.25) is 4.79 Å². The number of nitrogens with one attached hydrogen (secondary N) is 1. The number of esters is 1. The summed E-state index contributed by atoms with van der Waals surface area (Å²) in [6, 6.07) is -0.542. The molecule has 4 nitrogen and oxygen atoms in total. The van der Waals surface area contributed by atoms with Crippen LogP contribution in [0.4, 0.5) is 0 Å². The molecule has 0 aromatic carbocycles. The Hall–Kier alpha value is -1.06. The quantitative estimate of drug-likeness (QED) is 0.483. The zero-order chi connectivity index (χ0) is 13.8. The van der Waals surface area contributed by atoms with Gasteiger partial charge in [0.2, 0.25) is 5.91 Å². The maximum atomic E-state index is 11.5. The largest absolute Gasteiger partial charge is 0.464 e. The van der Waals surface area contributed by atoms with Crippen LogP contribution in [0.15, 0.2) is 0 Å². The Morgan fingerprint density at radius 3 is 2.33 bits per heavy atom. The number of carbonyl (C=O) groups is 2. The second kappa shape index (κ2) is 11.1. The Morgan fingerprint density at radius 2 is 1.72 bits per heavy atom. The van der Waals surface area contributed by atoms with Crippen molar-refractivity contribution in [3.8, 4) is 0 Å². The lowest BCUT2D eigenvalue weighted by molar-refractivity contribution is -0.147. The van der Waals surface area contributed by atoms with Gasteiger partial charge < -0.3 is 10.1 Å². The average Bonchev–Trinajstić information content (AvgIpc) is 2.35. The minimum atomic E-state index is -0.542. The summed E-state index contributed by atoms with van der Waals surface area (Å²) in [6.07, 6.45) is 6.86. The molecule has 4 heteroatoms. The third-order valence-corrected chi connectivity index (χ3v) is 2.69. The molecule has 0 radical (unpaired) electrons. The topological polar surface area (TPSA) is 55.4 Å². The Morgan fingerprint density at radius 1 is 1.06 bits per heavy atom. The fraction of sp³-hybridized carbons (Fsp3) is 0.857. The number of amides is 1. The van der Waals surface area contributed by atoms with Crippen molar-refractivity contribution in [2.24, 2.45) is 0 Å². The van der Waals surface area contributed by atoms with Crippen LogP contribution < -0.4 is 5.32 Å². The number of carbonyl (C=O) groups excluding carboxylic acids is 2. The molecule has 0 aliphatic rings. The van der Waals surface area contributed by atoms with Crippen LogP contribution in [0.5, 0.6) is 0 Å². The van der Waals surface area contributed by atoms with Gasteiger partial charge in [-0.05, 0) is 19.8 Å². The first-order valence-electron chi connectivity index (χ1n) is 7.07. The zero-order valence-electron chi connectivity index (χ0n) is 12.0. The fourth-order valence-corrected chi connectivity index (χ4v) is 1.59. The smallest absolute Gasteiger partial charge is 0.328 e. The summed E-state index contributed by atoms with van der Waals surface area (Å²) < 4.78 is 4.96. The minimum absolute atomic E-state index is 0.0625. The average molecular weight is 257 g/mol. The molecule has 1 N–H and O–H groups in total. The van der Waals surface area contributed by atoms with Crippen molar-refractivity contribution in [2.75, 3.05) is 6.61 Å². The van der Waals surface area contributed by atoms with E-state index < -0.39 is 6.04 Å². The van der Waals surface area contributed by atoms with Gasteiger partial charge in [-0.25, -0.2) is 4.79 Å². The zero-order valence-corrected chi connectivity index (χ0v) is 12.0. The fourth-order valence-electron chi connectivity index (χ4n) is 1.59. The highest BCUT2D eigenvalue weighted by Crippen LogP contribution is 2.05. The second-order valence-corrected chi connectivity index (χ2v) is 4.62. The first-order valence-corrected chi connectivity index (χ1v) is 7.07. The van der Waals surface area contributed by atoms with Gasteiger partial charge in [0.05, 0.1) is 6.61 Å². The molecule has 1 unspecified atom stereocenters. The molecular weight excluding hydrogens is 230 g/mol. The van der Waals surface area contributed by atoms with E-state index in [-0.39, 0.29) is 11.9 Å². The third-order valence-electron chi connectivity index (χ3n) is 2.69. The lowest BCUT2D eigenvalue weighted by Gasteiger charge is -2.12. The highest BCUT2D eigenvalue weighted by Gasteiger charge is 2.16. The van der Waals surface area contributed by atoms with Crippen LogP contribution >= 0.6 is 0 Å². The lowest BCUT2D eigenvalue weighted by Crippen LogP contribution is -2.39. The van der Waals surface area contributed by atoms with Crippen LogP contribution in [0, 0.1) is 0 Å². The van der Waals surface area contributed by atoms with Crippen LogP contribution in [-0.2, 0) is 14.3 Å². The molecule has 0 saturated carbocycles. The van der Waals surface area contributed by atoms with Crippen molar-refractivity contribution in [1.82, 2.24) is 5.32 Å². The number of hydrogen-bond donors (Lipinski definition) is 1. The number of hydrogen-bond acceptors (Lipinski definition) is 3. The van der Waals surface area contributed by atoms with Crippen LogP contribution in [0.25, 0.3) is 0 Å². The van der Waals surface area contributed by atoms with Crippen LogP contribution in [0.1, 0.15) is 65.7 Å². The van der Waals surface area contributed by atoms with E-state index in [2.05, 4.69) is 12.2 Å². The van der Waals surface area contributed by atoms with Gasteiger partial charge in [0.25, 0.3) is 0 Å². The van der Waals surface area contributed by atoms with Crippen molar-refractivity contribution in [3.63, 3.8) is 0 Å². The predicted molar refractivity (Wildman–Crippen MR) is 72.2 cm³/mol. The van der Waals surface area contributed by atoms with Gasteiger partial charge in [-0.15, -0.1) is 0 Å². The number of unbranched alkanes of at least 4 members (excludes halogenated alkanes) is 4. The standard InChI is InChI=1S/C14H27NO3/c1-4-6-7-8-9-10-13(16)15-12(3)14(17)18-11-5-2/h12H,4-11H2,1-3H3,(H,15,16). The molecule has 0 heterocycles. The van der Waals surface area contributed by atoms with E-state index in [4.69, 9.17) is 4.74 Å². The Labute approximate surface area is 110 Å². The van der Waals surface area contributed by atoms with Crippen molar-refractivity contribution in [3.05, 3.63) is 0 Å². The van der Waals surface area contributed by atoms with Crippen molar-refractivity contribution >= 4 is 11.9 Å². The molecule has 0 aromatic rings. The first kappa shape index (κ1) is 16.9. The summed E-state index contributed by atoms with van der Waals surface area (Å²) in [7, 11) is 0. The van der Waals surface area contributed by atoms with Crippen molar-refractivity contribution < 1.29 is 14.3 Å². The SMILES string of the molecule is CCCCCCCC(=O)NC(C)C(=O)OCCC. The monoisotopic (exact) mass is 257 g/mol. The van der Waals surface area contributed by atoms with Gasteiger partial charge in [-0.1, -0.05) is 39.5 Å². The molecule has 1 amide bonds. The highest BCUT2D eigenvalue weighted by molar-refractivity contribution is 5.84. The molecule has 0 fully saturated rings.